The molecule has 1 aliphatic rings. The number of para-hydroxylation sites is 1. The van der Waals surface area contributed by atoms with E-state index in [0.29, 0.717) is 11.5 Å². The molecule has 2 heterocycles. The molecule has 2 atom stereocenters. The van der Waals surface area contributed by atoms with E-state index in [4.69, 9.17) is 4.74 Å². The van der Waals surface area contributed by atoms with Crippen LogP contribution in [-0.2, 0) is 4.79 Å². The smallest absolute Gasteiger partial charge is 0.257 e. The minimum atomic E-state index is -0.958. The molecule has 0 radical (unpaired) electrons. The minimum Gasteiger partial charge on any atom is -0.497 e. The van der Waals surface area contributed by atoms with Crippen LogP contribution in [0.25, 0.3) is 10.9 Å². The van der Waals surface area contributed by atoms with Crippen molar-refractivity contribution in [2.75, 3.05) is 13.7 Å². The number of fused-ring (bicyclic) bond motifs is 1. The largest absolute Gasteiger partial charge is 0.497 e. The minimum absolute atomic E-state index is 0.141. The Morgan fingerprint density at radius 2 is 1.97 bits per heavy atom. The van der Waals surface area contributed by atoms with Crippen LogP contribution in [0.15, 0.2) is 59.8 Å². The van der Waals surface area contributed by atoms with Crippen LogP contribution < -0.4 is 10.1 Å². The Hall–Kier alpha value is -3.16. The van der Waals surface area contributed by atoms with Crippen LogP contribution in [0.2, 0.25) is 0 Å². The number of hydrogen-bond donors (Lipinski definition) is 3. The highest BCUT2D eigenvalue weighted by molar-refractivity contribution is 6.14. The Morgan fingerprint density at radius 3 is 2.67 bits per heavy atom. The van der Waals surface area contributed by atoms with E-state index >= 15 is 0 Å². The highest BCUT2D eigenvalue weighted by Gasteiger charge is 2.41. The zero-order chi connectivity index (χ0) is 21.3. The second-order valence-electron chi connectivity index (χ2n) is 7.67. The number of hydrogen-bond acceptors (Lipinski definition) is 5. The number of carbonyl (C=O) groups is 1. The lowest BCUT2D eigenvalue weighted by Gasteiger charge is -2.25. The molecule has 1 amide bonds. The van der Waals surface area contributed by atoms with Crippen LogP contribution in [0.3, 0.4) is 0 Å². The molecule has 0 fully saturated rings. The molecule has 1 aromatic heterocycles. The number of H-pyrrole nitrogens is 1. The number of nitrogens with zero attached hydrogens (tertiary/aromatic N) is 2. The summed E-state index contributed by atoms with van der Waals surface area (Å²) in [6.07, 6.45) is 0.874. The lowest BCUT2D eigenvalue weighted by atomic mass is 9.95. The standard InChI is InChI=1S/C23H26N4O3/c1-14(2)24-13-20(28)27-22(15-8-10-16(30-3)11-9-15)23(29)21(26-27)18-12-25-19-7-5-4-6-17(18)19/h4-12,14,22-25,29H,13H2,1-3H3. The first-order chi connectivity index (χ1) is 14.5. The van der Waals surface area contributed by atoms with Gasteiger partial charge in [0, 0.05) is 28.7 Å². The summed E-state index contributed by atoms with van der Waals surface area (Å²) in [5.41, 5.74) is 3.02. The van der Waals surface area contributed by atoms with Gasteiger partial charge in [-0.25, -0.2) is 5.01 Å². The van der Waals surface area contributed by atoms with Crippen molar-refractivity contribution < 1.29 is 14.6 Å². The fourth-order valence-corrected chi connectivity index (χ4v) is 3.73. The third kappa shape index (κ3) is 3.69. The molecule has 7 nitrogen and oxygen atoms in total. The molecule has 0 aliphatic carbocycles. The Kier molecular flexibility index (Phi) is 5.57. The fraction of sp³-hybridized carbons (Fsp3) is 0.304. The van der Waals surface area contributed by atoms with Crippen molar-refractivity contribution in [3.8, 4) is 5.75 Å². The molecule has 1 aliphatic heterocycles. The molecule has 2 unspecified atom stereocenters. The molecule has 0 spiro atoms. The normalized spacial score (nSPS) is 18.8. The average Bonchev–Trinajstić information content (AvgIpc) is 3.33. The van der Waals surface area contributed by atoms with Gasteiger partial charge in [0.1, 0.15) is 23.6 Å². The van der Waals surface area contributed by atoms with Crippen molar-refractivity contribution in [1.82, 2.24) is 15.3 Å². The highest BCUT2D eigenvalue weighted by Crippen LogP contribution is 2.35. The molecule has 7 heteroatoms. The zero-order valence-electron chi connectivity index (χ0n) is 17.3. The second kappa shape index (κ2) is 8.30. The second-order valence-corrected chi connectivity index (χ2v) is 7.67. The number of amides is 1. The summed E-state index contributed by atoms with van der Waals surface area (Å²) in [4.78, 5) is 16.2. The van der Waals surface area contributed by atoms with Gasteiger partial charge in [-0.15, -0.1) is 0 Å². The molecule has 0 bridgehead atoms. The van der Waals surface area contributed by atoms with E-state index in [9.17, 15) is 9.90 Å². The van der Waals surface area contributed by atoms with E-state index in [2.05, 4.69) is 15.4 Å². The van der Waals surface area contributed by atoms with Crippen LogP contribution in [-0.4, -0.2) is 52.5 Å². The number of aliphatic hydroxyl groups is 1. The van der Waals surface area contributed by atoms with Crippen molar-refractivity contribution >= 4 is 22.5 Å². The molecule has 2 aromatic carbocycles. The summed E-state index contributed by atoms with van der Waals surface area (Å²) >= 11 is 0. The molecule has 4 rings (SSSR count). The van der Waals surface area contributed by atoms with Crippen molar-refractivity contribution in [3.05, 3.63) is 65.9 Å². The van der Waals surface area contributed by atoms with Crippen LogP contribution in [0.5, 0.6) is 5.75 Å². The van der Waals surface area contributed by atoms with Gasteiger partial charge in [-0.2, -0.15) is 5.10 Å². The van der Waals surface area contributed by atoms with Crippen LogP contribution in [0, 0.1) is 0 Å². The molecule has 0 saturated heterocycles. The topological polar surface area (TPSA) is 90.0 Å². The fourth-order valence-electron chi connectivity index (χ4n) is 3.73. The van der Waals surface area contributed by atoms with Gasteiger partial charge in [-0.05, 0) is 23.8 Å². The maximum Gasteiger partial charge on any atom is 0.257 e. The summed E-state index contributed by atoms with van der Waals surface area (Å²) in [5, 5.41) is 21.4. The van der Waals surface area contributed by atoms with Crippen molar-refractivity contribution in [2.45, 2.75) is 32.0 Å². The summed E-state index contributed by atoms with van der Waals surface area (Å²) < 4.78 is 5.24. The monoisotopic (exact) mass is 406 g/mol. The summed E-state index contributed by atoms with van der Waals surface area (Å²) in [6.45, 7) is 4.10. The quantitative estimate of drug-likeness (QED) is 0.587. The first-order valence-corrected chi connectivity index (χ1v) is 10.0. The molecule has 3 aromatic rings. The lowest BCUT2D eigenvalue weighted by Crippen LogP contribution is -2.40. The van der Waals surface area contributed by atoms with Gasteiger partial charge in [0.25, 0.3) is 5.91 Å². The number of nitrogens with one attached hydrogen (secondary N) is 2. The van der Waals surface area contributed by atoms with E-state index in [1.54, 1.807) is 7.11 Å². The number of aromatic amines is 1. The molecule has 156 valence electrons. The number of methoxy groups -OCH3 is 1. The number of benzene rings is 2. The Labute approximate surface area is 175 Å². The van der Waals surface area contributed by atoms with Gasteiger partial charge < -0.3 is 20.1 Å². The lowest BCUT2D eigenvalue weighted by molar-refractivity contribution is -0.133. The van der Waals surface area contributed by atoms with Crippen LogP contribution in [0.4, 0.5) is 0 Å². The van der Waals surface area contributed by atoms with E-state index in [0.717, 1.165) is 22.0 Å². The van der Waals surface area contributed by atoms with Crippen LogP contribution in [0.1, 0.15) is 31.0 Å². The Balaban J connectivity index is 1.73. The molecular weight excluding hydrogens is 380 g/mol. The predicted octanol–water partition coefficient (Wildman–Crippen LogP) is 2.82. The van der Waals surface area contributed by atoms with E-state index in [1.165, 1.54) is 5.01 Å². The molecule has 3 N–H and O–H groups in total. The first-order valence-electron chi connectivity index (χ1n) is 10.0. The average molecular weight is 406 g/mol. The molecule has 30 heavy (non-hydrogen) atoms. The SMILES string of the molecule is COc1ccc(C2C(O)C(c3c[nH]c4ccccc34)=NN2C(=O)CNC(C)C)cc1. The van der Waals surface area contributed by atoms with Gasteiger partial charge in [0.05, 0.1) is 13.7 Å². The van der Waals surface area contributed by atoms with Gasteiger partial charge >= 0.3 is 0 Å². The number of rotatable bonds is 6. The van der Waals surface area contributed by atoms with Crippen LogP contribution >= 0.6 is 0 Å². The highest BCUT2D eigenvalue weighted by atomic mass is 16.5. The zero-order valence-corrected chi connectivity index (χ0v) is 17.3. The number of carbonyl (C=O) groups excluding carboxylic acids is 1. The third-order valence-corrected chi connectivity index (χ3v) is 5.30. The van der Waals surface area contributed by atoms with E-state index < -0.39 is 12.1 Å². The number of aliphatic hydroxyl groups excluding tert-OH is 1. The number of hydrazone groups is 1. The van der Waals surface area contributed by atoms with Gasteiger partial charge in [-0.3, -0.25) is 4.79 Å². The Bertz CT molecular complexity index is 1070. The third-order valence-electron chi connectivity index (χ3n) is 5.30. The maximum absolute atomic E-state index is 13.0. The molecular formula is C23H26N4O3. The summed E-state index contributed by atoms with van der Waals surface area (Å²) in [6, 6.07) is 14.7. The van der Waals surface area contributed by atoms with Gasteiger partial charge in [0.15, 0.2) is 0 Å². The van der Waals surface area contributed by atoms with E-state index in [1.807, 2.05) is 68.6 Å². The van der Waals surface area contributed by atoms with Crippen molar-refractivity contribution in [1.29, 1.82) is 0 Å². The van der Waals surface area contributed by atoms with Gasteiger partial charge in [0.2, 0.25) is 0 Å². The predicted molar refractivity (Wildman–Crippen MR) is 117 cm³/mol. The summed E-state index contributed by atoms with van der Waals surface area (Å²) in [5.74, 6) is 0.516. The number of aromatic nitrogens is 1. The summed E-state index contributed by atoms with van der Waals surface area (Å²) in [7, 11) is 1.60. The van der Waals surface area contributed by atoms with Crippen molar-refractivity contribution in [2.24, 2.45) is 5.10 Å². The van der Waals surface area contributed by atoms with Gasteiger partial charge in [-0.1, -0.05) is 44.2 Å². The first kappa shape index (κ1) is 20.1. The Morgan fingerprint density at radius 1 is 1.23 bits per heavy atom. The van der Waals surface area contributed by atoms with Crippen molar-refractivity contribution in [3.63, 3.8) is 0 Å². The maximum atomic E-state index is 13.0. The molecule has 0 saturated carbocycles. The number of ether oxygens (including phenoxy) is 1. The van der Waals surface area contributed by atoms with E-state index in [-0.39, 0.29) is 18.5 Å².